The number of alkyl halides is 1. The highest BCUT2D eigenvalue weighted by Crippen LogP contribution is 2.24. The lowest BCUT2D eigenvalue weighted by Gasteiger charge is -2.31. The monoisotopic (exact) mass is 225 g/mol. The van der Waals surface area contributed by atoms with Crippen LogP contribution in [0.5, 0.6) is 0 Å². The van der Waals surface area contributed by atoms with Crippen LogP contribution in [0.1, 0.15) is 19.8 Å². The number of halogens is 1. The van der Waals surface area contributed by atoms with Gasteiger partial charge in [-0.1, -0.05) is 6.92 Å². The molecule has 0 aliphatic heterocycles. The van der Waals surface area contributed by atoms with Gasteiger partial charge in [0, 0.05) is 23.7 Å². The van der Waals surface area contributed by atoms with Gasteiger partial charge in [0.1, 0.15) is 0 Å². The fraction of sp³-hybridized carbons (Fsp3) is 1.00. The largest absolute Gasteiger partial charge is 0.313 e. The van der Waals surface area contributed by atoms with Gasteiger partial charge in [0.25, 0.3) is 0 Å². The Morgan fingerprint density at radius 3 is 2.54 bits per heavy atom. The molecule has 0 bridgehead atoms. The van der Waals surface area contributed by atoms with Crippen LogP contribution in [0.25, 0.3) is 0 Å². The predicted molar refractivity (Wildman–Crippen MR) is 55.0 cm³/mol. The molecule has 0 unspecified atom stereocenters. The Morgan fingerprint density at radius 1 is 1.46 bits per heavy atom. The van der Waals surface area contributed by atoms with Gasteiger partial charge in [-0.2, -0.15) is 0 Å². The van der Waals surface area contributed by atoms with Crippen molar-refractivity contribution in [1.82, 2.24) is 5.32 Å². The summed E-state index contributed by atoms with van der Waals surface area (Å²) in [7, 11) is -2.81. The van der Waals surface area contributed by atoms with Crippen molar-refractivity contribution in [1.29, 1.82) is 0 Å². The van der Waals surface area contributed by atoms with Gasteiger partial charge >= 0.3 is 0 Å². The Morgan fingerprint density at radius 2 is 2.08 bits per heavy atom. The molecule has 0 aromatic rings. The maximum absolute atomic E-state index is 11.1. The first-order valence-electron chi connectivity index (χ1n) is 4.61. The van der Waals surface area contributed by atoms with Gasteiger partial charge < -0.3 is 5.32 Å². The zero-order valence-corrected chi connectivity index (χ0v) is 9.37. The molecule has 1 rings (SSSR count). The molecule has 0 aromatic heterocycles. The normalized spacial score (nSPS) is 28.5. The first-order chi connectivity index (χ1) is 6.03. The second-order valence-corrected chi connectivity index (χ2v) is 6.55. The maximum Gasteiger partial charge on any atom is 0.151 e. The summed E-state index contributed by atoms with van der Waals surface area (Å²) >= 11 is 5.78. The molecule has 1 aliphatic carbocycles. The lowest BCUT2D eigenvalue weighted by Crippen LogP contribution is -2.43. The van der Waals surface area contributed by atoms with Crippen molar-refractivity contribution in [3.63, 3.8) is 0 Å². The Hall–Kier alpha value is 0.200. The zero-order chi connectivity index (χ0) is 9.90. The first-order valence-corrected chi connectivity index (χ1v) is 6.87. The Bertz CT molecular complexity index is 247. The number of nitrogens with one attached hydrogen (secondary N) is 1. The minimum atomic E-state index is -2.81. The SMILES string of the molecule is CCS(=O)(=O)CCNC1CC(Cl)C1. The van der Waals surface area contributed by atoms with Crippen LogP contribution in [-0.4, -0.2) is 37.9 Å². The molecule has 3 nitrogen and oxygen atoms in total. The third-order valence-electron chi connectivity index (χ3n) is 2.37. The molecule has 0 amide bonds. The summed E-state index contributed by atoms with van der Waals surface area (Å²) in [5.74, 6) is 0.477. The van der Waals surface area contributed by atoms with Crippen molar-refractivity contribution in [2.45, 2.75) is 31.2 Å². The van der Waals surface area contributed by atoms with E-state index >= 15 is 0 Å². The molecule has 0 saturated heterocycles. The van der Waals surface area contributed by atoms with E-state index in [-0.39, 0.29) is 11.5 Å². The molecule has 78 valence electrons. The van der Waals surface area contributed by atoms with Crippen LogP contribution >= 0.6 is 11.6 Å². The van der Waals surface area contributed by atoms with E-state index in [2.05, 4.69) is 5.32 Å². The first kappa shape index (κ1) is 11.3. The standard InChI is InChI=1S/C8H16ClNO2S/c1-2-13(11,12)4-3-10-8-5-7(9)6-8/h7-8,10H,2-6H2,1H3. The minimum Gasteiger partial charge on any atom is -0.313 e. The van der Waals surface area contributed by atoms with Crippen LogP contribution in [0.2, 0.25) is 0 Å². The summed E-state index contributed by atoms with van der Waals surface area (Å²) in [4.78, 5) is 0. The molecular weight excluding hydrogens is 210 g/mol. The number of hydrogen-bond donors (Lipinski definition) is 1. The zero-order valence-electron chi connectivity index (χ0n) is 7.79. The summed E-state index contributed by atoms with van der Waals surface area (Å²) in [5.41, 5.74) is 0. The van der Waals surface area contributed by atoms with Gasteiger partial charge in [-0.25, -0.2) is 8.42 Å². The Labute approximate surface area is 84.8 Å². The number of sulfone groups is 1. The topological polar surface area (TPSA) is 46.2 Å². The van der Waals surface area contributed by atoms with Crippen LogP contribution < -0.4 is 5.32 Å². The lowest BCUT2D eigenvalue weighted by atomic mass is 9.92. The highest BCUT2D eigenvalue weighted by Gasteiger charge is 2.26. The average Bonchev–Trinajstić information content (AvgIpc) is 2.01. The Kier molecular flexibility index (Phi) is 4.01. The molecule has 1 aliphatic rings. The van der Waals surface area contributed by atoms with E-state index in [1.165, 1.54) is 0 Å². The van der Waals surface area contributed by atoms with Crippen molar-refractivity contribution >= 4 is 21.4 Å². The molecule has 1 saturated carbocycles. The van der Waals surface area contributed by atoms with Crippen molar-refractivity contribution in [3.8, 4) is 0 Å². The summed E-state index contributed by atoms with van der Waals surface area (Å²) in [6.45, 7) is 2.23. The van der Waals surface area contributed by atoms with Gasteiger partial charge in [-0.15, -0.1) is 11.6 Å². The molecule has 0 aromatic carbocycles. The van der Waals surface area contributed by atoms with Crippen molar-refractivity contribution < 1.29 is 8.42 Å². The van der Waals surface area contributed by atoms with Gasteiger partial charge in [-0.3, -0.25) is 0 Å². The van der Waals surface area contributed by atoms with E-state index in [1.807, 2.05) is 0 Å². The molecule has 0 radical (unpaired) electrons. The smallest absolute Gasteiger partial charge is 0.151 e. The molecule has 5 heteroatoms. The summed E-state index contributed by atoms with van der Waals surface area (Å²) < 4.78 is 22.2. The quantitative estimate of drug-likeness (QED) is 0.704. The maximum atomic E-state index is 11.1. The minimum absolute atomic E-state index is 0.234. The summed E-state index contributed by atoms with van der Waals surface area (Å²) in [6, 6.07) is 0.439. The van der Waals surface area contributed by atoms with Crippen molar-refractivity contribution in [3.05, 3.63) is 0 Å². The van der Waals surface area contributed by atoms with Crippen LogP contribution in [0, 0.1) is 0 Å². The third-order valence-corrected chi connectivity index (χ3v) is 4.43. The average molecular weight is 226 g/mol. The van der Waals surface area contributed by atoms with E-state index in [4.69, 9.17) is 11.6 Å². The fourth-order valence-corrected chi connectivity index (χ4v) is 2.43. The van der Waals surface area contributed by atoms with Crippen molar-refractivity contribution in [2.24, 2.45) is 0 Å². The highest BCUT2D eigenvalue weighted by atomic mass is 35.5. The predicted octanol–water partition coefficient (Wildman–Crippen LogP) is 0.781. The van der Waals surface area contributed by atoms with Crippen LogP contribution in [0.3, 0.4) is 0 Å². The molecular formula is C8H16ClNO2S. The van der Waals surface area contributed by atoms with Crippen LogP contribution in [-0.2, 0) is 9.84 Å². The van der Waals surface area contributed by atoms with E-state index in [0.717, 1.165) is 12.8 Å². The van der Waals surface area contributed by atoms with Crippen molar-refractivity contribution in [2.75, 3.05) is 18.1 Å². The second kappa shape index (κ2) is 4.62. The van der Waals surface area contributed by atoms with E-state index in [1.54, 1.807) is 6.92 Å². The molecule has 13 heavy (non-hydrogen) atoms. The van der Waals surface area contributed by atoms with Gasteiger partial charge in [0.2, 0.25) is 0 Å². The number of rotatable bonds is 5. The highest BCUT2D eigenvalue weighted by molar-refractivity contribution is 7.91. The third kappa shape index (κ3) is 3.83. The van der Waals surface area contributed by atoms with Crippen LogP contribution in [0.15, 0.2) is 0 Å². The fourth-order valence-electron chi connectivity index (χ4n) is 1.28. The molecule has 1 N–H and O–H groups in total. The molecule has 0 spiro atoms. The second-order valence-electron chi connectivity index (χ2n) is 3.46. The van der Waals surface area contributed by atoms with E-state index in [9.17, 15) is 8.42 Å². The molecule has 0 heterocycles. The summed E-state index contributed by atoms with van der Waals surface area (Å²) in [5, 5.41) is 3.47. The Balaban J connectivity index is 2.08. The molecule has 0 atom stereocenters. The lowest BCUT2D eigenvalue weighted by molar-refractivity contribution is 0.354. The van der Waals surface area contributed by atoms with E-state index in [0.29, 0.717) is 18.0 Å². The van der Waals surface area contributed by atoms with Gasteiger partial charge in [0.05, 0.1) is 5.75 Å². The van der Waals surface area contributed by atoms with Gasteiger partial charge in [0.15, 0.2) is 9.84 Å². The molecule has 1 fully saturated rings. The number of hydrogen-bond acceptors (Lipinski definition) is 3. The van der Waals surface area contributed by atoms with E-state index < -0.39 is 9.84 Å². The van der Waals surface area contributed by atoms with Gasteiger partial charge in [-0.05, 0) is 12.8 Å². The summed E-state index contributed by atoms with van der Waals surface area (Å²) in [6.07, 6.45) is 1.93. The van der Waals surface area contributed by atoms with Crippen LogP contribution in [0.4, 0.5) is 0 Å².